The van der Waals surface area contributed by atoms with Gasteiger partial charge >= 0.3 is 0 Å². The number of imide groups is 1. The topological polar surface area (TPSA) is 79.0 Å². The van der Waals surface area contributed by atoms with Crippen LogP contribution < -0.4 is 5.32 Å². The summed E-state index contributed by atoms with van der Waals surface area (Å²) in [5.41, 5.74) is 1.83. The molecule has 0 bridgehead atoms. The van der Waals surface area contributed by atoms with E-state index in [1.165, 1.54) is 0 Å². The maximum Gasteiger partial charge on any atom is 0.261 e. The number of carbonyl (C=O) groups excluding carboxylic acids is 3. The smallest absolute Gasteiger partial charge is 0.261 e. The number of rotatable bonds is 7. The molecule has 3 amide bonds. The molecule has 0 radical (unpaired) electrons. The summed E-state index contributed by atoms with van der Waals surface area (Å²) in [4.78, 5) is 41.1. The predicted molar refractivity (Wildman–Crippen MR) is 111 cm³/mol. The standard InChI is InChI=1S/C23H25N3O4/c27-21(10-11-26-22(28)18-8-4-5-9-19(18)23(26)29)24-20(17-6-2-1-3-7-17)16-25-12-14-30-15-13-25/h1-9,20H,10-16H2,(H,24,27)/t20-/m1/s1. The van der Waals surface area contributed by atoms with Gasteiger partial charge in [-0.05, 0) is 17.7 Å². The summed E-state index contributed by atoms with van der Waals surface area (Å²) >= 11 is 0. The van der Waals surface area contributed by atoms with Gasteiger partial charge < -0.3 is 10.1 Å². The third-order valence-corrected chi connectivity index (χ3v) is 5.52. The average Bonchev–Trinajstić information content (AvgIpc) is 3.03. The Morgan fingerprint density at radius 2 is 1.53 bits per heavy atom. The summed E-state index contributed by atoms with van der Waals surface area (Å²) in [6, 6.07) is 16.4. The molecule has 7 heteroatoms. The first-order chi connectivity index (χ1) is 14.6. The molecule has 1 saturated heterocycles. The lowest BCUT2D eigenvalue weighted by Crippen LogP contribution is -2.43. The third kappa shape index (κ3) is 4.42. The molecule has 2 heterocycles. The number of benzene rings is 2. The summed E-state index contributed by atoms with van der Waals surface area (Å²) in [5, 5.41) is 3.08. The van der Waals surface area contributed by atoms with Crippen molar-refractivity contribution in [3.05, 3.63) is 71.3 Å². The molecule has 4 rings (SSSR count). The zero-order valence-electron chi connectivity index (χ0n) is 16.8. The Morgan fingerprint density at radius 3 is 2.17 bits per heavy atom. The van der Waals surface area contributed by atoms with Gasteiger partial charge in [0.1, 0.15) is 0 Å². The first-order valence-electron chi connectivity index (χ1n) is 10.2. The van der Waals surface area contributed by atoms with E-state index in [1.807, 2.05) is 30.3 Å². The summed E-state index contributed by atoms with van der Waals surface area (Å²) in [6.45, 7) is 3.79. The monoisotopic (exact) mass is 407 g/mol. The van der Waals surface area contributed by atoms with E-state index in [2.05, 4.69) is 10.2 Å². The second kappa shape index (κ2) is 9.19. The van der Waals surface area contributed by atoms with Gasteiger partial charge in [0.15, 0.2) is 0 Å². The first kappa shape index (κ1) is 20.3. The highest BCUT2D eigenvalue weighted by Gasteiger charge is 2.35. The van der Waals surface area contributed by atoms with Crippen molar-refractivity contribution >= 4 is 17.7 Å². The van der Waals surface area contributed by atoms with Crippen molar-refractivity contribution in [3.63, 3.8) is 0 Å². The van der Waals surface area contributed by atoms with Crippen molar-refractivity contribution in [3.8, 4) is 0 Å². The van der Waals surface area contributed by atoms with E-state index >= 15 is 0 Å². The van der Waals surface area contributed by atoms with Gasteiger partial charge in [0.05, 0.1) is 30.4 Å². The molecule has 7 nitrogen and oxygen atoms in total. The number of fused-ring (bicyclic) bond motifs is 1. The fourth-order valence-electron chi connectivity index (χ4n) is 3.88. The minimum atomic E-state index is -0.337. The molecule has 2 aliphatic rings. The molecule has 1 atom stereocenters. The number of amides is 3. The quantitative estimate of drug-likeness (QED) is 0.709. The lowest BCUT2D eigenvalue weighted by molar-refractivity contribution is -0.122. The van der Waals surface area contributed by atoms with Gasteiger partial charge in [0, 0.05) is 32.6 Å². The predicted octanol–water partition coefficient (Wildman–Crippen LogP) is 1.86. The summed E-state index contributed by atoms with van der Waals surface area (Å²) in [6.07, 6.45) is 0.0674. The maximum atomic E-state index is 12.7. The van der Waals surface area contributed by atoms with Crippen molar-refractivity contribution in [1.82, 2.24) is 15.1 Å². The van der Waals surface area contributed by atoms with Gasteiger partial charge in [-0.3, -0.25) is 24.2 Å². The van der Waals surface area contributed by atoms with Crippen LogP contribution in [0.15, 0.2) is 54.6 Å². The van der Waals surface area contributed by atoms with Crippen LogP contribution in [0.5, 0.6) is 0 Å². The Kier molecular flexibility index (Phi) is 6.21. The summed E-state index contributed by atoms with van der Waals surface area (Å²) in [7, 11) is 0. The Hall–Kier alpha value is -3.03. The van der Waals surface area contributed by atoms with E-state index < -0.39 is 0 Å². The van der Waals surface area contributed by atoms with E-state index in [9.17, 15) is 14.4 Å². The molecule has 0 aliphatic carbocycles. The Bertz CT molecular complexity index is 890. The van der Waals surface area contributed by atoms with Gasteiger partial charge in [-0.25, -0.2) is 0 Å². The zero-order chi connectivity index (χ0) is 20.9. The Morgan fingerprint density at radius 1 is 0.933 bits per heavy atom. The molecule has 2 aromatic carbocycles. The average molecular weight is 407 g/mol. The second-order valence-electron chi connectivity index (χ2n) is 7.50. The summed E-state index contributed by atoms with van der Waals surface area (Å²) in [5.74, 6) is -0.860. The highest BCUT2D eigenvalue weighted by molar-refractivity contribution is 6.21. The normalized spacial score (nSPS) is 17.7. The molecule has 0 saturated carbocycles. The van der Waals surface area contributed by atoms with Crippen LogP contribution in [0.4, 0.5) is 0 Å². The maximum absolute atomic E-state index is 12.7. The molecule has 0 unspecified atom stereocenters. The van der Waals surface area contributed by atoms with Crippen LogP contribution in [0, 0.1) is 0 Å². The number of hydrogen-bond acceptors (Lipinski definition) is 5. The molecule has 0 spiro atoms. The van der Waals surface area contributed by atoms with Crippen LogP contribution in [-0.2, 0) is 9.53 Å². The molecule has 156 valence electrons. The lowest BCUT2D eigenvalue weighted by atomic mass is 10.1. The van der Waals surface area contributed by atoms with Crippen molar-refractivity contribution in [2.75, 3.05) is 39.4 Å². The SMILES string of the molecule is O=C(CCN1C(=O)c2ccccc2C1=O)N[C@H](CN1CCOCC1)c1ccccc1. The first-order valence-corrected chi connectivity index (χ1v) is 10.2. The van der Waals surface area contributed by atoms with E-state index in [4.69, 9.17) is 4.74 Å². The van der Waals surface area contributed by atoms with Gasteiger partial charge in [-0.1, -0.05) is 42.5 Å². The van der Waals surface area contributed by atoms with Crippen molar-refractivity contribution in [1.29, 1.82) is 0 Å². The molecule has 1 N–H and O–H groups in total. The minimum Gasteiger partial charge on any atom is -0.379 e. The fraction of sp³-hybridized carbons (Fsp3) is 0.348. The molecule has 2 aliphatic heterocycles. The van der Waals surface area contributed by atoms with Crippen LogP contribution in [0.3, 0.4) is 0 Å². The van der Waals surface area contributed by atoms with E-state index in [0.29, 0.717) is 30.9 Å². The van der Waals surface area contributed by atoms with Crippen LogP contribution in [0.25, 0.3) is 0 Å². The zero-order valence-corrected chi connectivity index (χ0v) is 16.8. The van der Waals surface area contributed by atoms with Crippen molar-refractivity contribution in [2.45, 2.75) is 12.5 Å². The largest absolute Gasteiger partial charge is 0.379 e. The molecule has 1 fully saturated rings. The van der Waals surface area contributed by atoms with Crippen LogP contribution in [-0.4, -0.2) is 66.9 Å². The number of morpholine rings is 1. The van der Waals surface area contributed by atoms with Gasteiger partial charge in [0.2, 0.25) is 5.91 Å². The Labute approximate surface area is 175 Å². The number of nitrogens with zero attached hydrogens (tertiary/aromatic N) is 2. The van der Waals surface area contributed by atoms with Gasteiger partial charge in [-0.2, -0.15) is 0 Å². The van der Waals surface area contributed by atoms with Crippen LogP contribution >= 0.6 is 0 Å². The molecule has 0 aromatic heterocycles. The minimum absolute atomic E-state index is 0.0667. The van der Waals surface area contributed by atoms with Gasteiger partial charge in [0.25, 0.3) is 11.8 Å². The Balaban J connectivity index is 1.38. The second-order valence-corrected chi connectivity index (χ2v) is 7.50. The van der Waals surface area contributed by atoms with E-state index in [-0.39, 0.29) is 36.7 Å². The van der Waals surface area contributed by atoms with Crippen molar-refractivity contribution in [2.24, 2.45) is 0 Å². The van der Waals surface area contributed by atoms with Gasteiger partial charge in [-0.15, -0.1) is 0 Å². The molecular formula is C23H25N3O4. The van der Waals surface area contributed by atoms with Crippen LogP contribution in [0.2, 0.25) is 0 Å². The van der Waals surface area contributed by atoms with Crippen molar-refractivity contribution < 1.29 is 19.1 Å². The highest BCUT2D eigenvalue weighted by atomic mass is 16.5. The lowest BCUT2D eigenvalue weighted by Gasteiger charge is -2.31. The number of ether oxygens (including phenoxy) is 1. The molecule has 30 heavy (non-hydrogen) atoms. The number of carbonyl (C=O) groups is 3. The number of nitrogens with one attached hydrogen (secondary N) is 1. The van der Waals surface area contributed by atoms with E-state index in [1.54, 1.807) is 24.3 Å². The third-order valence-electron chi connectivity index (χ3n) is 5.52. The number of hydrogen-bond donors (Lipinski definition) is 1. The molecule has 2 aromatic rings. The van der Waals surface area contributed by atoms with E-state index in [0.717, 1.165) is 23.6 Å². The highest BCUT2D eigenvalue weighted by Crippen LogP contribution is 2.22. The fourth-order valence-corrected chi connectivity index (χ4v) is 3.88. The summed E-state index contributed by atoms with van der Waals surface area (Å²) < 4.78 is 5.41. The molecular weight excluding hydrogens is 382 g/mol. The van der Waals surface area contributed by atoms with Crippen LogP contribution in [0.1, 0.15) is 38.7 Å².